The van der Waals surface area contributed by atoms with Crippen LogP contribution in [0.25, 0.3) is 0 Å². The van der Waals surface area contributed by atoms with Gasteiger partial charge in [0.25, 0.3) is 0 Å². The highest BCUT2D eigenvalue weighted by molar-refractivity contribution is 5.78. The Morgan fingerprint density at radius 1 is 1.20 bits per heavy atom. The highest BCUT2D eigenvalue weighted by Crippen LogP contribution is 2.38. The molecule has 0 radical (unpaired) electrons. The molecule has 1 aliphatic heterocycles. The van der Waals surface area contributed by atoms with Gasteiger partial charge in [-0.3, -0.25) is 9.59 Å². The molecule has 2 rings (SSSR count). The number of hydrogen-bond acceptors (Lipinski definition) is 2. The molecule has 2 atom stereocenters. The number of benzene rings is 1. The maximum absolute atomic E-state index is 13.4. The number of carbonyl (C=O) groups is 2. The van der Waals surface area contributed by atoms with Gasteiger partial charge in [0.1, 0.15) is 0 Å². The van der Waals surface area contributed by atoms with Crippen LogP contribution in [0, 0.1) is 0 Å². The summed E-state index contributed by atoms with van der Waals surface area (Å²) in [7, 11) is 0. The van der Waals surface area contributed by atoms with Gasteiger partial charge in [0, 0.05) is 25.4 Å². The van der Waals surface area contributed by atoms with Crippen LogP contribution in [0.15, 0.2) is 30.3 Å². The Morgan fingerprint density at radius 2 is 1.88 bits per heavy atom. The molecule has 1 N–H and O–H groups in total. The quantitative estimate of drug-likeness (QED) is 0.838. The Balaban J connectivity index is 2.12. The standard InChI is InChI=1S/C18H22F3NO3/c19-18(20,21)15(13-6-2-1-3-7-13)12-16(23)22-11-5-4-8-14(22)9-10-17(24)25/h1-3,6-7,14-15H,4-5,8-12H2,(H,24,25)/t14-,15+/m0/s1. The zero-order valence-corrected chi connectivity index (χ0v) is 13.8. The summed E-state index contributed by atoms with van der Waals surface area (Å²) < 4.78 is 40.3. The molecule has 1 aliphatic rings. The van der Waals surface area contributed by atoms with Gasteiger partial charge in [-0.1, -0.05) is 30.3 Å². The van der Waals surface area contributed by atoms with Crippen LogP contribution in [0.5, 0.6) is 0 Å². The molecule has 1 heterocycles. The van der Waals surface area contributed by atoms with Gasteiger partial charge in [-0.2, -0.15) is 13.2 Å². The molecule has 0 saturated carbocycles. The topological polar surface area (TPSA) is 57.6 Å². The van der Waals surface area contributed by atoms with Gasteiger partial charge in [0.05, 0.1) is 5.92 Å². The molecule has 25 heavy (non-hydrogen) atoms. The number of nitrogens with zero attached hydrogens (tertiary/aromatic N) is 1. The molecule has 1 amide bonds. The van der Waals surface area contributed by atoms with Crippen LogP contribution in [-0.4, -0.2) is 40.6 Å². The zero-order chi connectivity index (χ0) is 18.4. The largest absolute Gasteiger partial charge is 0.481 e. The van der Waals surface area contributed by atoms with Crippen LogP contribution < -0.4 is 0 Å². The van der Waals surface area contributed by atoms with E-state index in [1.165, 1.54) is 29.2 Å². The van der Waals surface area contributed by atoms with Crippen molar-refractivity contribution in [2.45, 2.75) is 56.7 Å². The fourth-order valence-corrected chi connectivity index (χ4v) is 3.32. The van der Waals surface area contributed by atoms with E-state index in [2.05, 4.69) is 0 Å². The molecule has 138 valence electrons. The summed E-state index contributed by atoms with van der Waals surface area (Å²) in [5.41, 5.74) is 0.0717. The van der Waals surface area contributed by atoms with Crippen LogP contribution >= 0.6 is 0 Å². The van der Waals surface area contributed by atoms with Crippen LogP contribution in [0.2, 0.25) is 0 Å². The second-order valence-electron chi connectivity index (χ2n) is 6.38. The Hall–Kier alpha value is -2.05. The summed E-state index contributed by atoms with van der Waals surface area (Å²) in [6.07, 6.45) is -2.73. The predicted octanol–water partition coefficient (Wildman–Crippen LogP) is 3.97. The lowest BCUT2D eigenvalue weighted by Crippen LogP contribution is -2.45. The monoisotopic (exact) mass is 357 g/mol. The highest BCUT2D eigenvalue weighted by atomic mass is 19.4. The molecule has 0 aliphatic carbocycles. The van der Waals surface area contributed by atoms with Crippen LogP contribution in [0.4, 0.5) is 13.2 Å². The van der Waals surface area contributed by atoms with E-state index in [9.17, 15) is 22.8 Å². The van der Waals surface area contributed by atoms with Gasteiger partial charge in [0.2, 0.25) is 5.91 Å². The van der Waals surface area contributed by atoms with Crippen molar-refractivity contribution < 1.29 is 27.9 Å². The van der Waals surface area contributed by atoms with Gasteiger partial charge >= 0.3 is 12.1 Å². The Kier molecular flexibility index (Phi) is 6.45. The first-order chi connectivity index (χ1) is 11.8. The molecule has 1 aromatic carbocycles. The normalized spacial score (nSPS) is 19.5. The highest BCUT2D eigenvalue weighted by Gasteiger charge is 2.43. The Bertz CT molecular complexity index is 589. The average Bonchev–Trinajstić information content (AvgIpc) is 2.57. The molecule has 4 nitrogen and oxygen atoms in total. The van der Waals surface area contributed by atoms with Crippen molar-refractivity contribution in [3.8, 4) is 0 Å². The molecule has 1 fully saturated rings. The minimum atomic E-state index is -4.51. The van der Waals surface area contributed by atoms with Gasteiger partial charge in [-0.25, -0.2) is 0 Å². The number of carboxylic acids is 1. The summed E-state index contributed by atoms with van der Waals surface area (Å²) in [5, 5.41) is 8.82. The lowest BCUT2D eigenvalue weighted by molar-refractivity contribution is -0.162. The number of rotatable bonds is 6. The second kappa shape index (κ2) is 8.36. The molecule has 1 aromatic rings. The van der Waals surface area contributed by atoms with E-state index in [0.717, 1.165) is 12.8 Å². The maximum atomic E-state index is 13.4. The van der Waals surface area contributed by atoms with E-state index in [-0.39, 0.29) is 24.4 Å². The first kappa shape index (κ1) is 19.3. The van der Waals surface area contributed by atoms with E-state index in [1.807, 2.05) is 0 Å². The molecule has 7 heteroatoms. The van der Waals surface area contributed by atoms with E-state index in [1.54, 1.807) is 6.07 Å². The van der Waals surface area contributed by atoms with Crippen molar-refractivity contribution in [3.05, 3.63) is 35.9 Å². The summed E-state index contributed by atoms with van der Waals surface area (Å²) in [4.78, 5) is 24.8. The smallest absolute Gasteiger partial charge is 0.396 e. The van der Waals surface area contributed by atoms with Crippen LogP contribution in [0.3, 0.4) is 0 Å². The lowest BCUT2D eigenvalue weighted by Gasteiger charge is -2.36. The third-order valence-corrected chi connectivity index (χ3v) is 4.61. The van der Waals surface area contributed by atoms with Crippen molar-refractivity contribution in [2.24, 2.45) is 0 Å². The van der Waals surface area contributed by atoms with Crippen molar-refractivity contribution >= 4 is 11.9 Å². The lowest BCUT2D eigenvalue weighted by atomic mass is 9.92. The van der Waals surface area contributed by atoms with Crippen molar-refractivity contribution in [1.29, 1.82) is 0 Å². The number of likely N-dealkylation sites (tertiary alicyclic amines) is 1. The molecule has 1 saturated heterocycles. The van der Waals surface area contributed by atoms with E-state index in [0.29, 0.717) is 13.0 Å². The van der Waals surface area contributed by atoms with Crippen molar-refractivity contribution in [2.75, 3.05) is 6.54 Å². The van der Waals surface area contributed by atoms with Crippen molar-refractivity contribution in [1.82, 2.24) is 4.90 Å². The first-order valence-electron chi connectivity index (χ1n) is 8.42. The van der Waals surface area contributed by atoms with Gasteiger partial charge in [-0.05, 0) is 31.2 Å². The minimum Gasteiger partial charge on any atom is -0.481 e. The average molecular weight is 357 g/mol. The van der Waals surface area contributed by atoms with Gasteiger partial charge in [0.15, 0.2) is 0 Å². The number of aliphatic carboxylic acids is 1. The molecular weight excluding hydrogens is 335 g/mol. The van der Waals surface area contributed by atoms with Crippen LogP contribution in [0.1, 0.15) is 50.0 Å². The number of alkyl halides is 3. The van der Waals surface area contributed by atoms with E-state index in [4.69, 9.17) is 5.11 Å². The maximum Gasteiger partial charge on any atom is 0.396 e. The number of piperidine rings is 1. The minimum absolute atomic E-state index is 0.0717. The SMILES string of the molecule is O=C(O)CC[C@@H]1CCCCN1C(=O)C[C@H](c1ccccc1)C(F)(F)F. The molecule has 0 bridgehead atoms. The van der Waals surface area contributed by atoms with Crippen molar-refractivity contribution in [3.63, 3.8) is 0 Å². The van der Waals surface area contributed by atoms with Gasteiger partial charge in [-0.15, -0.1) is 0 Å². The molecule has 0 unspecified atom stereocenters. The number of hydrogen-bond donors (Lipinski definition) is 1. The number of carboxylic acid groups (broad SMARTS) is 1. The molecule has 0 aromatic heterocycles. The number of amides is 1. The second-order valence-corrected chi connectivity index (χ2v) is 6.38. The summed E-state index contributed by atoms with van der Waals surface area (Å²) in [5.74, 6) is -3.36. The van der Waals surface area contributed by atoms with E-state index >= 15 is 0 Å². The first-order valence-corrected chi connectivity index (χ1v) is 8.42. The number of halogens is 3. The fourth-order valence-electron chi connectivity index (χ4n) is 3.32. The summed E-state index contributed by atoms with van der Waals surface area (Å²) in [6, 6.07) is 7.14. The van der Waals surface area contributed by atoms with Crippen LogP contribution in [-0.2, 0) is 9.59 Å². The molecule has 0 spiro atoms. The third-order valence-electron chi connectivity index (χ3n) is 4.61. The fraction of sp³-hybridized carbons (Fsp3) is 0.556. The Labute approximate surface area is 144 Å². The predicted molar refractivity (Wildman–Crippen MR) is 86.1 cm³/mol. The summed E-state index contributed by atoms with van der Waals surface area (Å²) in [6.45, 7) is 0.391. The zero-order valence-electron chi connectivity index (χ0n) is 13.8. The Morgan fingerprint density at radius 3 is 2.48 bits per heavy atom. The number of carbonyl (C=O) groups excluding carboxylic acids is 1. The van der Waals surface area contributed by atoms with Gasteiger partial charge < -0.3 is 10.0 Å². The third kappa shape index (κ3) is 5.47. The molecular formula is C18H22F3NO3. The summed E-state index contributed by atoms with van der Waals surface area (Å²) >= 11 is 0. The van der Waals surface area contributed by atoms with E-state index < -0.39 is 30.4 Å².